The number of halogens is 1. The van der Waals surface area contributed by atoms with Crippen LogP contribution in [0.4, 0.5) is 4.79 Å². The van der Waals surface area contributed by atoms with Crippen molar-refractivity contribution in [1.82, 2.24) is 10.2 Å². The third kappa shape index (κ3) is 4.93. The highest BCUT2D eigenvalue weighted by molar-refractivity contribution is 6.31. The number of urea groups is 1. The summed E-state index contributed by atoms with van der Waals surface area (Å²) >= 11 is 6.28. The minimum absolute atomic E-state index is 0.100. The van der Waals surface area contributed by atoms with E-state index in [2.05, 4.69) is 5.32 Å². The standard InChI is InChI=1S/C21H25ClN2O3/c1-3-26-17-10-8-16(9-11-17)15(2)23-21(25)24-12-13-27-20(14-24)18-6-4-5-7-19(18)22/h4-11,15,20H,3,12-14H2,1-2H3,(H,23,25). The van der Waals surface area contributed by atoms with Crippen LogP contribution < -0.4 is 10.1 Å². The molecule has 2 amide bonds. The van der Waals surface area contributed by atoms with Gasteiger partial charge in [0.2, 0.25) is 0 Å². The molecule has 1 aliphatic rings. The number of amides is 2. The maximum absolute atomic E-state index is 12.7. The maximum Gasteiger partial charge on any atom is 0.318 e. The number of morpholine rings is 1. The lowest BCUT2D eigenvalue weighted by Crippen LogP contribution is -2.47. The molecule has 0 bridgehead atoms. The van der Waals surface area contributed by atoms with E-state index in [9.17, 15) is 4.79 Å². The first-order valence-corrected chi connectivity index (χ1v) is 9.60. The molecule has 1 N–H and O–H groups in total. The normalized spacial score (nSPS) is 18.0. The molecule has 2 aromatic rings. The molecule has 144 valence electrons. The second-order valence-corrected chi connectivity index (χ2v) is 6.91. The van der Waals surface area contributed by atoms with Crippen molar-refractivity contribution >= 4 is 17.6 Å². The van der Waals surface area contributed by atoms with E-state index in [0.29, 0.717) is 31.3 Å². The Morgan fingerprint density at radius 2 is 2.04 bits per heavy atom. The minimum Gasteiger partial charge on any atom is -0.494 e. The zero-order valence-corrected chi connectivity index (χ0v) is 16.4. The minimum atomic E-state index is -0.209. The van der Waals surface area contributed by atoms with Crippen LogP contribution in [0.1, 0.15) is 37.1 Å². The molecule has 1 fully saturated rings. The molecule has 0 aliphatic carbocycles. The highest BCUT2D eigenvalue weighted by atomic mass is 35.5. The quantitative estimate of drug-likeness (QED) is 0.815. The summed E-state index contributed by atoms with van der Waals surface area (Å²) < 4.78 is 11.3. The van der Waals surface area contributed by atoms with Gasteiger partial charge in [0.25, 0.3) is 0 Å². The third-order valence-electron chi connectivity index (χ3n) is 4.64. The smallest absolute Gasteiger partial charge is 0.318 e. The number of carbonyl (C=O) groups excluding carboxylic acids is 1. The Morgan fingerprint density at radius 1 is 1.30 bits per heavy atom. The van der Waals surface area contributed by atoms with Gasteiger partial charge in [-0.05, 0) is 37.6 Å². The fourth-order valence-corrected chi connectivity index (χ4v) is 3.39. The van der Waals surface area contributed by atoms with Gasteiger partial charge in [-0.25, -0.2) is 4.79 Å². The summed E-state index contributed by atoms with van der Waals surface area (Å²) in [6.45, 7) is 6.08. The molecule has 1 saturated heterocycles. The number of rotatable bonds is 5. The molecular weight excluding hydrogens is 364 g/mol. The van der Waals surface area contributed by atoms with E-state index in [1.165, 1.54) is 0 Å². The molecule has 0 radical (unpaired) electrons. The van der Waals surface area contributed by atoms with E-state index in [1.807, 2.05) is 62.4 Å². The summed E-state index contributed by atoms with van der Waals surface area (Å²) in [5.74, 6) is 0.829. The van der Waals surface area contributed by atoms with Crippen molar-refractivity contribution in [1.29, 1.82) is 0 Å². The van der Waals surface area contributed by atoms with Crippen LogP contribution in [0.5, 0.6) is 5.75 Å². The van der Waals surface area contributed by atoms with E-state index in [4.69, 9.17) is 21.1 Å². The van der Waals surface area contributed by atoms with E-state index >= 15 is 0 Å². The van der Waals surface area contributed by atoms with Gasteiger partial charge in [0, 0.05) is 17.1 Å². The van der Waals surface area contributed by atoms with Gasteiger partial charge in [0.15, 0.2) is 0 Å². The number of carbonyl (C=O) groups is 1. The van der Waals surface area contributed by atoms with Crippen LogP contribution in [0.2, 0.25) is 5.02 Å². The van der Waals surface area contributed by atoms with Gasteiger partial charge in [0.05, 0.1) is 25.8 Å². The summed E-state index contributed by atoms with van der Waals surface area (Å²) in [7, 11) is 0. The zero-order valence-electron chi connectivity index (χ0n) is 15.7. The second-order valence-electron chi connectivity index (χ2n) is 6.50. The molecule has 2 aromatic carbocycles. The van der Waals surface area contributed by atoms with Crippen molar-refractivity contribution in [3.8, 4) is 5.75 Å². The SMILES string of the molecule is CCOc1ccc(C(C)NC(=O)N2CCOC(c3ccccc3Cl)C2)cc1. The van der Waals surface area contributed by atoms with Crippen molar-refractivity contribution in [3.63, 3.8) is 0 Å². The van der Waals surface area contributed by atoms with Crippen LogP contribution >= 0.6 is 11.6 Å². The highest BCUT2D eigenvalue weighted by Gasteiger charge is 2.27. The Kier molecular flexibility index (Phi) is 6.58. The first kappa shape index (κ1) is 19.5. The van der Waals surface area contributed by atoms with Gasteiger partial charge in [-0.3, -0.25) is 0 Å². The monoisotopic (exact) mass is 388 g/mol. The number of benzene rings is 2. The van der Waals surface area contributed by atoms with Crippen molar-refractivity contribution in [2.24, 2.45) is 0 Å². The Bertz CT molecular complexity index is 766. The zero-order chi connectivity index (χ0) is 19.2. The van der Waals surface area contributed by atoms with Gasteiger partial charge in [0.1, 0.15) is 11.9 Å². The lowest BCUT2D eigenvalue weighted by Gasteiger charge is -2.34. The molecular formula is C21H25ClN2O3. The average Bonchev–Trinajstić information content (AvgIpc) is 2.69. The predicted molar refractivity (Wildman–Crippen MR) is 106 cm³/mol. The Labute approximate surface area is 165 Å². The largest absolute Gasteiger partial charge is 0.494 e. The topological polar surface area (TPSA) is 50.8 Å². The molecule has 0 spiro atoms. The first-order chi connectivity index (χ1) is 13.1. The van der Waals surface area contributed by atoms with Crippen LogP contribution in [0, 0.1) is 0 Å². The highest BCUT2D eigenvalue weighted by Crippen LogP contribution is 2.28. The van der Waals surface area contributed by atoms with Crippen molar-refractivity contribution in [2.75, 3.05) is 26.3 Å². The molecule has 1 heterocycles. The van der Waals surface area contributed by atoms with E-state index in [-0.39, 0.29) is 18.2 Å². The number of nitrogens with zero attached hydrogens (tertiary/aromatic N) is 1. The van der Waals surface area contributed by atoms with Crippen molar-refractivity contribution in [2.45, 2.75) is 26.0 Å². The van der Waals surface area contributed by atoms with Crippen LogP contribution in [0.3, 0.4) is 0 Å². The number of hydrogen-bond acceptors (Lipinski definition) is 3. The summed E-state index contributed by atoms with van der Waals surface area (Å²) in [4.78, 5) is 14.5. The van der Waals surface area contributed by atoms with Crippen LogP contribution in [-0.4, -0.2) is 37.2 Å². The van der Waals surface area contributed by atoms with Gasteiger partial charge >= 0.3 is 6.03 Å². The van der Waals surface area contributed by atoms with E-state index in [0.717, 1.165) is 16.9 Å². The molecule has 3 rings (SSSR count). The summed E-state index contributed by atoms with van der Waals surface area (Å²) in [6.07, 6.45) is -0.209. The fraction of sp³-hybridized carbons (Fsp3) is 0.381. The van der Waals surface area contributed by atoms with Crippen molar-refractivity contribution in [3.05, 3.63) is 64.7 Å². The second kappa shape index (κ2) is 9.11. The molecule has 1 aliphatic heterocycles. The van der Waals surface area contributed by atoms with Crippen LogP contribution in [0.15, 0.2) is 48.5 Å². The molecule has 2 atom stereocenters. The molecule has 0 saturated carbocycles. The maximum atomic E-state index is 12.7. The number of ether oxygens (including phenoxy) is 2. The first-order valence-electron chi connectivity index (χ1n) is 9.22. The van der Waals surface area contributed by atoms with Crippen LogP contribution in [0.25, 0.3) is 0 Å². The van der Waals surface area contributed by atoms with Gasteiger partial charge in [-0.15, -0.1) is 0 Å². The summed E-state index contributed by atoms with van der Waals surface area (Å²) in [5, 5.41) is 3.72. The fourth-order valence-electron chi connectivity index (χ4n) is 3.14. The molecule has 2 unspecified atom stereocenters. The van der Waals surface area contributed by atoms with E-state index < -0.39 is 0 Å². The van der Waals surface area contributed by atoms with Gasteiger partial charge < -0.3 is 19.7 Å². The Morgan fingerprint density at radius 3 is 2.74 bits per heavy atom. The third-order valence-corrected chi connectivity index (χ3v) is 4.98. The lowest BCUT2D eigenvalue weighted by molar-refractivity contribution is -0.0156. The Hall–Kier alpha value is -2.24. The van der Waals surface area contributed by atoms with E-state index in [1.54, 1.807) is 4.90 Å². The lowest BCUT2D eigenvalue weighted by atomic mass is 10.1. The van der Waals surface area contributed by atoms with Crippen molar-refractivity contribution < 1.29 is 14.3 Å². The van der Waals surface area contributed by atoms with Crippen LogP contribution in [-0.2, 0) is 4.74 Å². The average molecular weight is 389 g/mol. The molecule has 5 nitrogen and oxygen atoms in total. The molecule has 27 heavy (non-hydrogen) atoms. The summed E-state index contributed by atoms with van der Waals surface area (Å²) in [5.41, 5.74) is 1.94. The van der Waals surface area contributed by atoms with Gasteiger partial charge in [-0.1, -0.05) is 41.9 Å². The summed E-state index contributed by atoms with van der Waals surface area (Å²) in [6, 6.07) is 15.2. The molecule has 0 aromatic heterocycles. The number of hydrogen-bond donors (Lipinski definition) is 1. The number of nitrogens with one attached hydrogen (secondary N) is 1. The van der Waals surface area contributed by atoms with Gasteiger partial charge in [-0.2, -0.15) is 0 Å². The predicted octanol–water partition coefficient (Wildman–Crippen LogP) is 4.58. The molecule has 6 heteroatoms. The Balaban J connectivity index is 1.60.